The number of carbonyl (C=O) groups is 4. The van der Waals surface area contributed by atoms with E-state index in [4.69, 9.17) is 11.5 Å². The van der Waals surface area contributed by atoms with Gasteiger partial charge in [0.2, 0.25) is 23.4 Å². The van der Waals surface area contributed by atoms with Gasteiger partial charge in [-0.3, -0.25) is 24.1 Å². The van der Waals surface area contributed by atoms with Crippen molar-refractivity contribution in [3.63, 3.8) is 0 Å². The van der Waals surface area contributed by atoms with Crippen molar-refractivity contribution in [3.8, 4) is 0 Å². The maximum atomic E-state index is 12.7. The molecule has 150 valence electrons. The lowest BCUT2D eigenvalue weighted by molar-refractivity contribution is -0.361. The normalized spacial score (nSPS) is 33.3. The first-order valence-corrected chi connectivity index (χ1v) is 9.05. The van der Waals surface area contributed by atoms with E-state index in [1.807, 2.05) is 0 Å². The Kier molecular flexibility index (Phi) is 4.09. The highest BCUT2D eigenvalue weighted by molar-refractivity contribution is 5.93. The van der Waals surface area contributed by atoms with Gasteiger partial charge in [-0.25, -0.2) is 0 Å². The summed E-state index contributed by atoms with van der Waals surface area (Å²) < 4.78 is 0. The second kappa shape index (κ2) is 5.65. The monoisotopic (exact) mass is 382 g/mol. The standard InChI is InChI=1S/C17H26N4O6/c1-10(22)20-15(7-4-8-15)17(27,13(19)25)21(11(2)23)14(5-3-6-14)16(20,26)9-12(18)24/h26-27H,3-9H2,1-2H3,(H2,18,24)(H2,19,25). The fourth-order valence-corrected chi connectivity index (χ4v) is 5.55. The Morgan fingerprint density at radius 2 is 1.30 bits per heavy atom. The lowest BCUT2D eigenvalue weighted by atomic mass is 9.55. The number of hydrogen-bond donors (Lipinski definition) is 4. The molecule has 0 radical (unpaired) electrons. The number of amides is 4. The minimum atomic E-state index is -2.49. The highest BCUT2D eigenvalue weighted by Gasteiger charge is 2.81. The zero-order valence-electron chi connectivity index (χ0n) is 15.5. The zero-order chi connectivity index (χ0) is 20.4. The van der Waals surface area contributed by atoms with Crippen LogP contribution in [-0.4, -0.2) is 66.2 Å². The van der Waals surface area contributed by atoms with Crippen molar-refractivity contribution >= 4 is 23.6 Å². The van der Waals surface area contributed by atoms with Crippen LogP contribution in [0.4, 0.5) is 0 Å². The summed E-state index contributed by atoms with van der Waals surface area (Å²) in [5.41, 5.74) is 3.18. The number of rotatable bonds is 3. The molecular weight excluding hydrogens is 356 g/mol. The first kappa shape index (κ1) is 19.6. The summed E-state index contributed by atoms with van der Waals surface area (Å²) >= 11 is 0. The van der Waals surface area contributed by atoms with Gasteiger partial charge in [0.1, 0.15) is 5.54 Å². The van der Waals surface area contributed by atoms with Gasteiger partial charge in [0, 0.05) is 13.8 Å². The number of primary amides is 2. The number of nitrogens with two attached hydrogens (primary N) is 2. The summed E-state index contributed by atoms with van der Waals surface area (Å²) in [7, 11) is 0. The summed E-state index contributed by atoms with van der Waals surface area (Å²) in [4.78, 5) is 51.6. The second-order valence-corrected chi connectivity index (χ2v) is 7.98. The third-order valence-corrected chi connectivity index (χ3v) is 6.70. The Bertz CT molecular complexity index is 731. The van der Waals surface area contributed by atoms with Crippen LogP contribution in [0.15, 0.2) is 0 Å². The molecular formula is C17H26N4O6. The number of hydrogen-bond acceptors (Lipinski definition) is 6. The van der Waals surface area contributed by atoms with E-state index in [9.17, 15) is 29.4 Å². The molecule has 0 aromatic rings. The van der Waals surface area contributed by atoms with Crippen molar-refractivity contribution in [2.45, 2.75) is 81.3 Å². The quantitative estimate of drug-likeness (QED) is 0.453. The van der Waals surface area contributed by atoms with Crippen molar-refractivity contribution in [3.05, 3.63) is 0 Å². The Hall–Kier alpha value is -2.20. The highest BCUT2D eigenvalue weighted by Crippen LogP contribution is 2.63. The molecule has 0 aromatic heterocycles. The Morgan fingerprint density at radius 1 is 0.852 bits per heavy atom. The Balaban J connectivity index is 2.36. The minimum Gasteiger partial charge on any atom is -0.370 e. The molecule has 10 heteroatoms. The van der Waals surface area contributed by atoms with Crippen LogP contribution < -0.4 is 11.5 Å². The molecule has 0 aromatic carbocycles. The van der Waals surface area contributed by atoms with E-state index in [1.54, 1.807) is 0 Å². The molecule has 1 aliphatic heterocycles. The van der Waals surface area contributed by atoms with Gasteiger partial charge in [0.25, 0.3) is 5.91 Å². The third kappa shape index (κ3) is 2.02. The fourth-order valence-electron chi connectivity index (χ4n) is 5.55. The maximum absolute atomic E-state index is 12.7. The zero-order valence-corrected chi connectivity index (χ0v) is 15.5. The summed E-state index contributed by atoms with van der Waals surface area (Å²) in [5.74, 6) is -3.34. The van der Waals surface area contributed by atoms with Crippen LogP contribution in [0.1, 0.15) is 58.8 Å². The predicted octanol–water partition coefficient (Wildman–Crippen LogP) is -1.72. The third-order valence-electron chi connectivity index (χ3n) is 6.70. The lowest BCUT2D eigenvalue weighted by Gasteiger charge is -2.75. The van der Waals surface area contributed by atoms with Crippen molar-refractivity contribution in [1.82, 2.24) is 9.80 Å². The van der Waals surface area contributed by atoms with Gasteiger partial charge in [-0.2, -0.15) is 0 Å². The fraction of sp³-hybridized carbons (Fsp3) is 0.765. The summed E-state index contributed by atoms with van der Waals surface area (Å²) in [6.45, 7) is 2.34. The van der Waals surface area contributed by atoms with Crippen molar-refractivity contribution in [2.75, 3.05) is 0 Å². The molecule has 2 saturated carbocycles. The Morgan fingerprint density at radius 3 is 1.56 bits per heavy atom. The molecule has 2 atom stereocenters. The van der Waals surface area contributed by atoms with Crippen LogP contribution in [0.2, 0.25) is 0 Å². The van der Waals surface area contributed by atoms with Crippen molar-refractivity contribution < 1.29 is 29.4 Å². The average Bonchev–Trinajstić information content (AvgIpc) is 2.42. The predicted molar refractivity (Wildman–Crippen MR) is 91.1 cm³/mol. The van der Waals surface area contributed by atoms with Gasteiger partial charge in [-0.05, 0) is 38.5 Å². The molecule has 27 heavy (non-hydrogen) atoms. The van der Waals surface area contributed by atoms with Crippen LogP contribution in [0.25, 0.3) is 0 Å². The molecule has 0 bridgehead atoms. The van der Waals surface area contributed by atoms with Gasteiger partial charge in [0.15, 0.2) is 5.72 Å². The van der Waals surface area contributed by atoms with E-state index in [0.29, 0.717) is 12.8 Å². The topological polar surface area (TPSA) is 167 Å². The van der Waals surface area contributed by atoms with Crippen LogP contribution in [-0.2, 0) is 19.2 Å². The van der Waals surface area contributed by atoms with Gasteiger partial charge in [-0.1, -0.05) is 0 Å². The summed E-state index contributed by atoms with van der Waals surface area (Å²) in [6, 6.07) is 0. The molecule has 6 N–H and O–H groups in total. The molecule has 2 spiro atoms. The largest absolute Gasteiger partial charge is 0.370 e. The van der Waals surface area contributed by atoms with Gasteiger partial charge < -0.3 is 26.6 Å². The highest BCUT2D eigenvalue weighted by atomic mass is 16.4. The molecule has 10 nitrogen and oxygen atoms in total. The van der Waals surface area contributed by atoms with Crippen LogP contribution >= 0.6 is 0 Å². The minimum absolute atomic E-state index is 0.146. The van der Waals surface area contributed by atoms with Crippen LogP contribution in [0, 0.1) is 0 Å². The van der Waals surface area contributed by atoms with E-state index >= 15 is 0 Å². The molecule has 3 fully saturated rings. The summed E-state index contributed by atoms with van der Waals surface area (Å²) in [6.07, 6.45) is 1.16. The van der Waals surface area contributed by atoms with Crippen LogP contribution in [0.3, 0.4) is 0 Å². The summed E-state index contributed by atoms with van der Waals surface area (Å²) in [5, 5.41) is 23.3. The van der Waals surface area contributed by atoms with Gasteiger partial charge in [0.05, 0.1) is 12.0 Å². The number of nitrogens with zero attached hydrogens (tertiary/aromatic N) is 2. The van der Waals surface area contributed by atoms with E-state index < -0.39 is 52.6 Å². The van der Waals surface area contributed by atoms with Crippen molar-refractivity contribution in [1.29, 1.82) is 0 Å². The number of carbonyl (C=O) groups excluding carboxylic acids is 4. The van der Waals surface area contributed by atoms with Crippen molar-refractivity contribution in [2.24, 2.45) is 11.5 Å². The molecule has 3 aliphatic rings. The van der Waals surface area contributed by atoms with E-state index in [1.165, 1.54) is 6.92 Å². The maximum Gasteiger partial charge on any atom is 0.273 e. The molecule has 4 amide bonds. The molecule has 1 saturated heterocycles. The van der Waals surface area contributed by atoms with E-state index in [0.717, 1.165) is 16.7 Å². The SMILES string of the molecule is CC(=O)N1C(O)(CC(N)=O)C2(CCC2)N(C(C)=O)C(O)(C(N)=O)C12CCC2. The van der Waals surface area contributed by atoms with Crippen LogP contribution in [0.5, 0.6) is 0 Å². The van der Waals surface area contributed by atoms with E-state index in [2.05, 4.69) is 0 Å². The molecule has 1 heterocycles. The molecule has 2 unspecified atom stereocenters. The first-order chi connectivity index (χ1) is 12.4. The van der Waals surface area contributed by atoms with Gasteiger partial charge in [-0.15, -0.1) is 0 Å². The number of aliphatic hydroxyl groups is 2. The lowest BCUT2D eigenvalue weighted by Crippen LogP contribution is -2.95. The number of piperazine rings is 1. The second-order valence-electron chi connectivity index (χ2n) is 7.98. The Labute approximate surface area is 156 Å². The molecule has 3 rings (SSSR count). The van der Waals surface area contributed by atoms with Gasteiger partial charge >= 0.3 is 0 Å². The average molecular weight is 382 g/mol. The smallest absolute Gasteiger partial charge is 0.273 e. The molecule has 2 aliphatic carbocycles. The first-order valence-electron chi connectivity index (χ1n) is 9.05. The van der Waals surface area contributed by atoms with E-state index in [-0.39, 0.29) is 25.7 Å².